The van der Waals surface area contributed by atoms with Crippen LogP contribution in [0.3, 0.4) is 0 Å². The highest BCUT2D eigenvalue weighted by atomic mass is 16.3. The van der Waals surface area contributed by atoms with Gasteiger partial charge < -0.3 is 25.4 Å². The Morgan fingerprint density at radius 2 is 1.96 bits per heavy atom. The number of aromatic nitrogens is 1. The number of aromatic amines is 1. The molecule has 0 bridgehead atoms. The molecular weight excluding hydrogens is 354 g/mol. The molecule has 28 heavy (non-hydrogen) atoms. The first-order valence-electron chi connectivity index (χ1n) is 10.5. The molecule has 0 unspecified atom stereocenters. The molecule has 2 heterocycles. The number of nitrogens with one attached hydrogen (secondary N) is 2. The summed E-state index contributed by atoms with van der Waals surface area (Å²) in [6.07, 6.45) is 5.50. The number of rotatable bonds is 9. The molecule has 6 heteroatoms. The Labute approximate surface area is 166 Å². The Bertz CT molecular complexity index is 812. The molecule has 4 N–H and O–H groups in total. The topological polar surface area (TPSA) is 88.6 Å². The van der Waals surface area contributed by atoms with Crippen LogP contribution in [0.4, 0.5) is 0 Å². The van der Waals surface area contributed by atoms with Crippen molar-refractivity contribution in [3.8, 4) is 5.75 Å². The Balaban J connectivity index is 1.38. The molecule has 2 aromatic rings. The van der Waals surface area contributed by atoms with Crippen LogP contribution < -0.4 is 10.9 Å². The van der Waals surface area contributed by atoms with Crippen LogP contribution in [0.1, 0.15) is 50.7 Å². The summed E-state index contributed by atoms with van der Waals surface area (Å²) in [6, 6.07) is 6.28. The molecule has 0 saturated carbocycles. The van der Waals surface area contributed by atoms with Gasteiger partial charge in [0.05, 0.1) is 11.6 Å². The molecule has 0 aliphatic carbocycles. The van der Waals surface area contributed by atoms with E-state index in [1.807, 2.05) is 0 Å². The van der Waals surface area contributed by atoms with Crippen molar-refractivity contribution in [2.45, 2.75) is 45.1 Å². The van der Waals surface area contributed by atoms with Gasteiger partial charge in [0, 0.05) is 18.0 Å². The van der Waals surface area contributed by atoms with Crippen LogP contribution in [0.2, 0.25) is 0 Å². The van der Waals surface area contributed by atoms with Gasteiger partial charge in [-0.2, -0.15) is 0 Å². The van der Waals surface area contributed by atoms with Gasteiger partial charge in [0.1, 0.15) is 5.75 Å². The fourth-order valence-corrected chi connectivity index (χ4v) is 3.95. The van der Waals surface area contributed by atoms with Crippen molar-refractivity contribution in [2.24, 2.45) is 5.92 Å². The van der Waals surface area contributed by atoms with Crippen molar-refractivity contribution < 1.29 is 10.2 Å². The summed E-state index contributed by atoms with van der Waals surface area (Å²) in [7, 11) is 0. The number of hydrogen-bond acceptors (Lipinski definition) is 5. The molecule has 0 spiro atoms. The third kappa shape index (κ3) is 5.56. The van der Waals surface area contributed by atoms with E-state index in [4.69, 9.17) is 0 Å². The number of unbranched alkanes of at least 4 members (excludes halogenated alkanes) is 2. The predicted octanol–water partition coefficient (Wildman–Crippen LogP) is 2.76. The number of nitrogens with zero attached hydrogens (tertiary/aromatic N) is 1. The summed E-state index contributed by atoms with van der Waals surface area (Å²) >= 11 is 0. The van der Waals surface area contributed by atoms with Gasteiger partial charge in [-0.3, -0.25) is 4.79 Å². The van der Waals surface area contributed by atoms with Gasteiger partial charge in [-0.05, 0) is 75.5 Å². The maximum Gasteiger partial charge on any atom is 0.248 e. The van der Waals surface area contributed by atoms with Crippen molar-refractivity contribution in [1.82, 2.24) is 15.2 Å². The highest BCUT2D eigenvalue weighted by Crippen LogP contribution is 2.28. The van der Waals surface area contributed by atoms with E-state index < -0.39 is 6.10 Å². The predicted molar refractivity (Wildman–Crippen MR) is 113 cm³/mol. The van der Waals surface area contributed by atoms with Gasteiger partial charge in [-0.15, -0.1) is 0 Å². The Kier molecular flexibility index (Phi) is 7.48. The molecule has 0 radical (unpaired) electrons. The Hall–Kier alpha value is -1.89. The first kappa shape index (κ1) is 20.8. The summed E-state index contributed by atoms with van der Waals surface area (Å²) in [5, 5.41) is 24.5. The summed E-state index contributed by atoms with van der Waals surface area (Å²) in [6.45, 7) is 7.36. The largest absolute Gasteiger partial charge is 0.506 e. The van der Waals surface area contributed by atoms with E-state index in [1.54, 1.807) is 12.1 Å². The van der Waals surface area contributed by atoms with Crippen LogP contribution in [-0.2, 0) is 0 Å². The van der Waals surface area contributed by atoms with Crippen LogP contribution in [0, 0.1) is 5.92 Å². The van der Waals surface area contributed by atoms with E-state index >= 15 is 0 Å². The average molecular weight is 388 g/mol. The number of aliphatic hydroxyl groups excluding tert-OH is 1. The minimum absolute atomic E-state index is 0.0137. The van der Waals surface area contributed by atoms with Crippen LogP contribution in [0.15, 0.2) is 29.1 Å². The summed E-state index contributed by atoms with van der Waals surface area (Å²) in [5.74, 6) is 0.901. The maximum atomic E-state index is 11.5. The highest BCUT2D eigenvalue weighted by molar-refractivity contribution is 5.87. The smallest absolute Gasteiger partial charge is 0.248 e. The number of likely N-dealkylation sites (tertiary alicyclic amines) is 1. The monoisotopic (exact) mass is 387 g/mol. The molecule has 154 valence electrons. The quantitative estimate of drug-likeness (QED) is 0.497. The number of piperidine rings is 1. The minimum Gasteiger partial charge on any atom is -0.506 e. The second kappa shape index (κ2) is 10.0. The number of H-pyrrole nitrogens is 1. The van der Waals surface area contributed by atoms with Crippen molar-refractivity contribution in [3.05, 3.63) is 40.2 Å². The van der Waals surface area contributed by atoms with Crippen LogP contribution in [-0.4, -0.2) is 52.8 Å². The van der Waals surface area contributed by atoms with Gasteiger partial charge in [0.2, 0.25) is 5.56 Å². The Morgan fingerprint density at radius 3 is 2.75 bits per heavy atom. The van der Waals surface area contributed by atoms with Crippen LogP contribution in [0.5, 0.6) is 5.75 Å². The molecule has 1 aromatic carbocycles. The SMILES string of the molecule is CC1CCN(CCCCCNC[C@H](O)c2ccc(O)c3[nH]c(=O)ccc23)CC1. The molecule has 0 amide bonds. The number of aliphatic hydroxyl groups is 1. The van der Waals surface area contributed by atoms with E-state index in [2.05, 4.69) is 22.1 Å². The maximum absolute atomic E-state index is 11.5. The van der Waals surface area contributed by atoms with Gasteiger partial charge in [0.15, 0.2) is 0 Å². The standard InChI is InChI=1S/C22H33N3O3/c1-16-9-13-25(14-10-16)12-4-2-3-11-23-15-20(27)17-5-7-19(26)22-18(17)6-8-21(28)24-22/h5-8,16,20,23,26-27H,2-4,9-15H2,1H3,(H,24,28)/t20-/m0/s1. The third-order valence-electron chi connectivity index (χ3n) is 5.81. The van der Waals surface area contributed by atoms with Crippen molar-refractivity contribution in [1.29, 1.82) is 0 Å². The number of fused-ring (bicyclic) bond motifs is 1. The fourth-order valence-electron chi connectivity index (χ4n) is 3.95. The lowest BCUT2D eigenvalue weighted by atomic mass is 9.99. The molecule has 1 fully saturated rings. The number of pyridine rings is 1. The van der Waals surface area contributed by atoms with Crippen LogP contribution >= 0.6 is 0 Å². The number of aromatic hydroxyl groups is 1. The van der Waals surface area contributed by atoms with E-state index in [1.165, 1.54) is 57.5 Å². The first-order chi connectivity index (χ1) is 13.5. The Morgan fingerprint density at radius 1 is 1.18 bits per heavy atom. The number of hydrogen-bond donors (Lipinski definition) is 4. The van der Waals surface area contributed by atoms with E-state index in [0.717, 1.165) is 18.9 Å². The molecule has 1 atom stereocenters. The van der Waals surface area contributed by atoms with E-state index in [-0.39, 0.29) is 11.3 Å². The van der Waals surface area contributed by atoms with E-state index in [0.29, 0.717) is 23.0 Å². The molecular formula is C22H33N3O3. The minimum atomic E-state index is -0.690. The molecule has 1 aliphatic rings. The van der Waals surface area contributed by atoms with Gasteiger partial charge in [-0.1, -0.05) is 19.4 Å². The normalized spacial score (nSPS) is 17.2. The lowest BCUT2D eigenvalue weighted by Crippen LogP contribution is -2.33. The zero-order valence-corrected chi connectivity index (χ0v) is 16.8. The zero-order chi connectivity index (χ0) is 19.9. The van der Waals surface area contributed by atoms with E-state index in [9.17, 15) is 15.0 Å². The third-order valence-corrected chi connectivity index (χ3v) is 5.81. The van der Waals surface area contributed by atoms with Crippen molar-refractivity contribution in [3.63, 3.8) is 0 Å². The number of benzene rings is 1. The van der Waals surface area contributed by atoms with Crippen molar-refractivity contribution >= 4 is 10.9 Å². The first-order valence-corrected chi connectivity index (χ1v) is 10.5. The number of phenolic OH excluding ortho intramolecular Hbond substituents is 1. The molecule has 1 saturated heterocycles. The highest BCUT2D eigenvalue weighted by Gasteiger charge is 2.15. The van der Waals surface area contributed by atoms with Gasteiger partial charge in [-0.25, -0.2) is 0 Å². The molecule has 3 rings (SSSR count). The van der Waals surface area contributed by atoms with Crippen molar-refractivity contribution in [2.75, 3.05) is 32.7 Å². The molecule has 1 aliphatic heterocycles. The molecule has 6 nitrogen and oxygen atoms in total. The fraction of sp³-hybridized carbons (Fsp3) is 0.591. The second-order valence-corrected chi connectivity index (χ2v) is 8.09. The average Bonchev–Trinajstić information content (AvgIpc) is 2.69. The summed E-state index contributed by atoms with van der Waals surface area (Å²) < 4.78 is 0. The lowest BCUT2D eigenvalue weighted by molar-refractivity contribution is 0.175. The van der Waals surface area contributed by atoms with Gasteiger partial charge >= 0.3 is 0 Å². The summed E-state index contributed by atoms with van der Waals surface area (Å²) in [5.41, 5.74) is 0.804. The molecule has 1 aromatic heterocycles. The van der Waals surface area contributed by atoms with Crippen LogP contribution in [0.25, 0.3) is 10.9 Å². The zero-order valence-electron chi connectivity index (χ0n) is 16.8. The second-order valence-electron chi connectivity index (χ2n) is 8.09. The van der Waals surface area contributed by atoms with Gasteiger partial charge in [0.25, 0.3) is 0 Å². The lowest BCUT2D eigenvalue weighted by Gasteiger charge is -2.30. The number of phenols is 1. The summed E-state index contributed by atoms with van der Waals surface area (Å²) in [4.78, 5) is 16.7.